The zero-order valence-corrected chi connectivity index (χ0v) is 14.0. The summed E-state index contributed by atoms with van der Waals surface area (Å²) in [6.07, 6.45) is 5.50. The average Bonchev–Trinajstić information content (AvgIpc) is 3.40. The van der Waals surface area contributed by atoms with E-state index in [2.05, 4.69) is 4.98 Å². The van der Waals surface area contributed by atoms with Crippen molar-refractivity contribution in [3.63, 3.8) is 0 Å². The Balaban J connectivity index is 1.88. The largest absolute Gasteiger partial charge is 0.334 e. The number of carbonyl (C=O) groups excluding carboxylic acids is 1. The van der Waals surface area contributed by atoms with Gasteiger partial charge in [0.2, 0.25) is 5.91 Å². The fourth-order valence-corrected chi connectivity index (χ4v) is 2.95. The summed E-state index contributed by atoms with van der Waals surface area (Å²) < 4.78 is 14.3. The molecule has 0 aliphatic heterocycles. The predicted molar refractivity (Wildman–Crippen MR) is 90.6 cm³/mol. The number of aromatic nitrogens is 1. The Hall–Kier alpha value is -2.27. The molecule has 1 fully saturated rings. The number of hydrogen-bond acceptors (Lipinski definition) is 3. The van der Waals surface area contributed by atoms with Gasteiger partial charge in [0, 0.05) is 30.5 Å². The summed E-state index contributed by atoms with van der Waals surface area (Å²) in [5.74, 6) is -0.405. The fourth-order valence-electron chi connectivity index (χ4n) is 2.95. The van der Waals surface area contributed by atoms with Gasteiger partial charge in [-0.3, -0.25) is 14.7 Å². The second-order valence-electron chi connectivity index (χ2n) is 6.45. The van der Waals surface area contributed by atoms with Crippen molar-refractivity contribution >= 4 is 5.91 Å². The highest BCUT2D eigenvalue weighted by molar-refractivity contribution is 5.84. The molecule has 0 radical (unpaired) electrons. The Bertz CT molecular complexity index is 701. The number of pyridine rings is 1. The van der Waals surface area contributed by atoms with Crippen LogP contribution in [0, 0.1) is 5.82 Å². The Kier molecular flexibility index (Phi) is 4.90. The second-order valence-corrected chi connectivity index (χ2v) is 6.45. The van der Waals surface area contributed by atoms with Crippen LogP contribution in [-0.4, -0.2) is 40.8 Å². The molecule has 1 aliphatic rings. The van der Waals surface area contributed by atoms with Gasteiger partial charge in [0.05, 0.1) is 0 Å². The molecule has 1 heterocycles. The van der Waals surface area contributed by atoms with Gasteiger partial charge >= 0.3 is 0 Å². The van der Waals surface area contributed by atoms with Gasteiger partial charge in [0.25, 0.3) is 0 Å². The third-order valence-electron chi connectivity index (χ3n) is 4.30. The molecule has 0 spiro atoms. The summed E-state index contributed by atoms with van der Waals surface area (Å²) in [4.78, 5) is 21.0. The van der Waals surface area contributed by atoms with E-state index in [4.69, 9.17) is 0 Å². The first-order valence-corrected chi connectivity index (χ1v) is 8.18. The highest BCUT2D eigenvalue weighted by atomic mass is 19.1. The highest BCUT2D eigenvalue weighted by Gasteiger charge is 2.38. The van der Waals surface area contributed by atoms with E-state index < -0.39 is 6.04 Å². The number of rotatable bonds is 6. The molecule has 1 aliphatic carbocycles. The van der Waals surface area contributed by atoms with Crippen LogP contribution in [0.25, 0.3) is 0 Å². The van der Waals surface area contributed by atoms with Crippen LogP contribution in [0.5, 0.6) is 0 Å². The van der Waals surface area contributed by atoms with Crippen LogP contribution < -0.4 is 0 Å². The van der Waals surface area contributed by atoms with Crippen molar-refractivity contribution in [3.8, 4) is 0 Å². The minimum absolute atomic E-state index is 0.0588. The van der Waals surface area contributed by atoms with Gasteiger partial charge in [-0.15, -0.1) is 0 Å². The monoisotopic (exact) mass is 327 g/mol. The predicted octanol–water partition coefficient (Wildman–Crippen LogP) is 3.01. The standard InChI is InChI=1S/C19H22FN3O/c1-22(2)18(16-7-3-4-8-17(16)20)19(24)23(15-9-10-15)13-14-6-5-11-21-12-14/h3-8,11-12,15,18H,9-10,13H2,1-2H3. The molecule has 1 aromatic heterocycles. The maximum Gasteiger partial charge on any atom is 0.245 e. The lowest BCUT2D eigenvalue weighted by molar-refractivity contribution is -0.137. The number of amides is 1. The first kappa shape index (κ1) is 16.6. The molecule has 1 saturated carbocycles. The smallest absolute Gasteiger partial charge is 0.245 e. The summed E-state index contributed by atoms with van der Waals surface area (Å²) in [6.45, 7) is 0.510. The molecule has 1 aromatic carbocycles. The third kappa shape index (κ3) is 3.62. The van der Waals surface area contributed by atoms with Gasteiger partial charge in [-0.25, -0.2) is 4.39 Å². The number of halogens is 1. The van der Waals surface area contributed by atoms with E-state index in [9.17, 15) is 9.18 Å². The maximum absolute atomic E-state index is 14.3. The third-order valence-corrected chi connectivity index (χ3v) is 4.30. The number of hydrogen-bond donors (Lipinski definition) is 0. The number of benzene rings is 1. The van der Waals surface area contributed by atoms with E-state index in [1.54, 1.807) is 35.5 Å². The minimum Gasteiger partial charge on any atom is -0.334 e. The minimum atomic E-state index is -0.622. The summed E-state index contributed by atoms with van der Waals surface area (Å²) >= 11 is 0. The molecule has 4 nitrogen and oxygen atoms in total. The Labute approximate surface area is 141 Å². The van der Waals surface area contributed by atoms with Crippen molar-refractivity contribution in [3.05, 3.63) is 65.7 Å². The molecule has 5 heteroatoms. The van der Waals surface area contributed by atoms with Gasteiger partial charge < -0.3 is 4.90 Å². The number of likely N-dealkylation sites (N-methyl/N-ethyl adjacent to an activating group) is 1. The van der Waals surface area contributed by atoms with Crippen molar-refractivity contribution in [2.75, 3.05) is 14.1 Å². The first-order valence-electron chi connectivity index (χ1n) is 8.18. The molecule has 0 bridgehead atoms. The van der Waals surface area contributed by atoms with Crippen LogP contribution in [0.2, 0.25) is 0 Å². The van der Waals surface area contributed by atoms with Gasteiger partial charge in [-0.1, -0.05) is 24.3 Å². The second kappa shape index (κ2) is 7.09. The average molecular weight is 327 g/mol. The van der Waals surface area contributed by atoms with E-state index in [1.165, 1.54) is 6.07 Å². The normalized spacial score (nSPS) is 15.3. The molecule has 0 saturated heterocycles. The van der Waals surface area contributed by atoms with Crippen LogP contribution in [0.3, 0.4) is 0 Å². The Morgan fingerprint density at radius 3 is 2.58 bits per heavy atom. The summed E-state index contributed by atoms with van der Waals surface area (Å²) in [6, 6.07) is 9.95. The maximum atomic E-state index is 14.3. The Morgan fingerprint density at radius 2 is 2.00 bits per heavy atom. The van der Waals surface area contributed by atoms with Crippen molar-refractivity contribution in [1.82, 2.24) is 14.8 Å². The van der Waals surface area contributed by atoms with Gasteiger partial charge in [-0.05, 0) is 44.6 Å². The zero-order valence-electron chi connectivity index (χ0n) is 14.0. The van der Waals surface area contributed by atoms with E-state index in [0.29, 0.717) is 12.1 Å². The van der Waals surface area contributed by atoms with Crippen molar-refractivity contribution in [2.24, 2.45) is 0 Å². The molecule has 2 aromatic rings. The summed E-state index contributed by atoms with van der Waals surface area (Å²) in [5, 5.41) is 0. The van der Waals surface area contributed by atoms with Crippen molar-refractivity contribution in [1.29, 1.82) is 0 Å². The van der Waals surface area contributed by atoms with Crippen LogP contribution in [0.15, 0.2) is 48.8 Å². The van der Waals surface area contributed by atoms with Crippen LogP contribution in [-0.2, 0) is 11.3 Å². The molecule has 1 atom stereocenters. The van der Waals surface area contributed by atoms with E-state index in [0.717, 1.165) is 18.4 Å². The van der Waals surface area contributed by atoms with Crippen molar-refractivity contribution in [2.45, 2.75) is 31.5 Å². The van der Waals surface area contributed by atoms with Crippen LogP contribution in [0.1, 0.15) is 30.0 Å². The fraction of sp³-hybridized carbons (Fsp3) is 0.368. The summed E-state index contributed by atoms with van der Waals surface area (Å²) in [5.41, 5.74) is 1.41. The molecule has 3 rings (SSSR count). The molecule has 126 valence electrons. The van der Waals surface area contributed by atoms with E-state index in [-0.39, 0.29) is 17.8 Å². The molecule has 0 N–H and O–H groups in total. The molecule has 24 heavy (non-hydrogen) atoms. The topological polar surface area (TPSA) is 36.4 Å². The van der Waals surface area contributed by atoms with E-state index in [1.807, 2.05) is 31.1 Å². The summed E-state index contributed by atoms with van der Waals surface area (Å²) in [7, 11) is 3.62. The Morgan fingerprint density at radius 1 is 1.25 bits per heavy atom. The zero-order chi connectivity index (χ0) is 17.1. The van der Waals surface area contributed by atoms with Crippen molar-refractivity contribution < 1.29 is 9.18 Å². The van der Waals surface area contributed by atoms with Gasteiger partial charge in [0.1, 0.15) is 11.9 Å². The van der Waals surface area contributed by atoms with Crippen LogP contribution in [0.4, 0.5) is 4.39 Å². The molecule has 1 amide bonds. The molecule has 1 unspecified atom stereocenters. The van der Waals surface area contributed by atoms with Gasteiger partial charge in [-0.2, -0.15) is 0 Å². The van der Waals surface area contributed by atoms with Crippen LogP contribution >= 0.6 is 0 Å². The molecular formula is C19H22FN3O. The van der Waals surface area contributed by atoms with Gasteiger partial charge in [0.15, 0.2) is 0 Å². The lowest BCUT2D eigenvalue weighted by Gasteiger charge is -2.31. The highest BCUT2D eigenvalue weighted by Crippen LogP contribution is 2.33. The quantitative estimate of drug-likeness (QED) is 0.818. The lowest BCUT2D eigenvalue weighted by Crippen LogP contribution is -2.41. The SMILES string of the molecule is CN(C)C(C(=O)N(Cc1cccnc1)C1CC1)c1ccccc1F. The molecular weight excluding hydrogens is 305 g/mol. The number of nitrogens with zero attached hydrogens (tertiary/aromatic N) is 3. The van der Waals surface area contributed by atoms with E-state index >= 15 is 0 Å². The number of carbonyl (C=O) groups is 1. The first-order chi connectivity index (χ1) is 11.6. The lowest BCUT2D eigenvalue weighted by atomic mass is 10.0.